The van der Waals surface area contributed by atoms with Gasteiger partial charge in [0.05, 0.1) is 6.42 Å². The van der Waals surface area contributed by atoms with Gasteiger partial charge in [-0.15, -0.1) is 0 Å². The van der Waals surface area contributed by atoms with Gasteiger partial charge in [0.1, 0.15) is 0 Å². The fraction of sp³-hybridized carbons (Fsp3) is 0.400. The number of likely N-dealkylation sites (tertiary alicyclic amines) is 1. The first-order valence-corrected chi connectivity index (χ1v) is 4.69. The number of nitrogens with two attached hydrogens (primary N) is 1. The van der Waals surface area contributed by atoms with Crippen molar-refractivity contribution in [2.45, 2.75) is 12.5 Å². The summed E-state index contributed by atoms with van der Waals surface area (Å²) in [6.07, 6.45) is 2.08. The fourth-order valence-corrected chi connectivity index (χ4v) is 1.49. The summed E-state index contributed by atoms with van der Waals surface area (Å²) in [5.41, 5.74) is 6.41. The summed E-state index contributed by atoms with van der Waals surface area (Å²) >= 11 is 0. The van der Waals surface area contributed by atoms with Crippen molar-refractivity contribution >= 4 is 5.91 Å². The van der Waals surface area contributed by atoms with Gasteiger partial charge in [0.2, 0.25) is 5.91 Å². The number of hydrogen-bond donors (Lipinski definition) is 1. The van der Waals surface area contributed by atoms with Crippen LogP contribution in [0.1, 0.15) is 5.69 Å². The number of carbonyl (C=O) groups excluding carboxylic acids is 1. The molecule has 1 aromatic rings. The molecule has 2 rings (SSSR count). The zero-order valence-electron chi connectivity index (χ0n) is 7.89. The van der Waals surface area contributed by atoms with Crippen molar-refractivity contribution in [3.8, 4) is 0 Å². The van der Waals surface area contributed by atoms with Crippen LogP contribution in [0.25, 0.3) is 0 Å². The molecule has 14 heavy (non-hydrogen) atoms. The first-order chi connectivity index (χ1) is 6.75. The highest BCUT2D eigenvalue weighted by molar-refractivity contribution is 5.79. The van der Waals surface area contributed by atoms with E-state index in [1.54, 1.807) is 11.1 Å². The highest BCUT2D eigenvalue weighted by Crippen LogP contribution is 2.08. The van der Waals surface area contributed by atoms with E-state index in [-0.39, 0.29) is 11.9 Å². The maximum absolute atomic E-state index is 11.6. The first-order valence-electron chi connectivity index (χ1n) is 4.69. The fourth-order valence-electron chi connectivity index (χ4n) is 1.49. The molecular formula is C10H13N3O. The molecular weight excluding hydrogens is 178 g/mol. The molecule has 0 bridgehead atoms. The van der Waals surface area contributed by atoms with Crippen LogP contribution >= 0.6 is 0 Å². The standard InChI is InChI=1S/C10H13N3O/c11-8-6-13(7-8)10(14)5-9-3-1-2-4-12-9/h1-4,8H,5-7,11H2. The van der Waals surface area contributed by atoms with E-state index in [1.165, 1.54) is 0 Å². The summed E-state index contributed by atoms with van der Waals surface area (Å²) < 4.78 is 0. The lowest BCUT2D eigenvalue weighted by molar-refractivity contribution is -0.134. The van der Waals surface area contributed by atoms with E-state index < -0.39 is 0 Å². The summed E-state index contributed by atoms with van der Waals surface area (Å²) in [6.45, 7) is 1.37. The lowest BCUT2D eigenvalue weighted by Gasteiger charge is -2.36. The van der Waals surface area contributed by atoms with Crippen molar-refractivity contribution in [2.24, 2.45) is 5.73 Å². The monoisotopic (exact) mass is 191 g/mol. The average Bonchev–Trinajstić information content (AvgIpc) is 2.14. The molecule has 0 unspecified atom stereocenters. The molecule has 1 aromatic heterocycles. The molecule has 2 heterocycles. The Morgan fingerprint density at radius 1 is 1.57 bits per heavy atom. The third-order valence-electron chi connectivity index (χ3n) is 2.32. The van der Waals surface area contributed by atoms with Crippen molar-refractivity contribution in [3.05, 3.63) is 30.1 Å². The Hall–Kier alpha value is -1.42. The molecule has 2 N–H and O–H groups in total. The zero-order chi connectivity index (χ0) is 9.97. The van der Waals surface area contributed by atoms with Gasteiger partial charge < -0.3 is 10.6 Å². The minimum Gasteiger partial charge on any atom is -0.339 e. The summed E-state index contributed by atoms with van der Waals surface area (Å²) in [4.78, 5) is 17.4. The minimum absolute atomic E-state index is 0.116. The first kappa shape index (κ1) is 9.15. The third kappa shape index (κ3) is 1.90. The Morgan fingerprint density at radius 2 is 2.36 bits per heavy atom. The van der Waals surface area contributed by atoms with Crippen molar-refractivity contribution in [1.82, 2.24) is 9.88 Å². The van der Waals surface area contributed by atoms with E-state index in [4.69, 9.17) is 5.73 Å². The number of nitrogens with zero attached hydrogens (tertiary/aromatic N) is 2. The van der Waals surface area contributed by atoms with E-state index in [9.17, 15) is 4.79 Å². The van der Waals surface area contributed by atoms with Gasteiger partial charge >= 0.3 is 0 Å². The Bertz CT molecular complexity index is 319. The summed E-state index contributed by atoms with van der Waals surface area (Å²) in [6, 6.07) is 5.76. The zero-order valence-corrected chi connectivity index (χ0v) is 7.89. The molecule has 1 aliphatic rings. The molecule has 0 aliphatic carbocycles. The van der Waals surface area contributed by atoms with E-state index in [0.29, 0.717) is 19.5 Å². The van der Waals surface area contributed by atoms with Crippen LogP contribution in [0.3, 0.4) is 0 Å². The predicted molar refractivity (Wildman–Crippen MR) is 52.5 cm³/mol. The second-order valence-corrected chi connectivity index (χ2v) is 3.56. The molecule has 1 aliphatic heterocycles. The lowest BCUT2D eigenvalue weighted by Crippen LogP contribution is -2.58. The van der Waals surface area contributed by atoms with Crippen molar-refractivity contribution in [1.29, 1.82) is 0 Å². The van der Waals surface area contributed by atoms with Crippen molar-refractivity contribution < 1.29 is 4.79 Å². The van der Waals surface area contributed by atoms with Crippen LogP contribution in [0, 0.1) is 0 Å². The highest BCUT2D eigenvalue weighted by atomic mass is 16.2. The van der Waals surface area contributed by atoms with Crippen LogP contribution in [-0.4, -0.2) is 34.9 Å². The van der Waals surface area contributed by atoms with Gasteiger partial charge in [-0.3, -0.25) is 9.78 Å². The summed E-state index contributed by atoms with van der Waals surface area (Å²) in [5.74, 6) is 0.116. The molecule has 0 aromatic carbocycles. The Labute approximate surface area is 82.7 Å². The molecule has 1 amide bonds. The largest absolute Gasteiger partial charge is 0.339 e. The number of hydrogen-bond acceptors (Lipinski definition) is 3. The summed E-state index contributed by atoms with van der Waals surface area (Å²) in [7, 11) is 0. The van der Waals surface area contributed by atoms with Gasteiger partial charge in [0.25, 0.3) is 0 Å². The Morgan fingerprint density at radius 3 is 2.93 bits per heavy atom. The molecule has 4 nitrogen and oxygen atoms in total. The molecule has 0 spiro atoms. The van der Waals surface area contributed by atoms with Gasteiger partial charge in [0.15, 0.2) is 0 Å². The van der Waals surface area contributed by atoms with Crippen LogP contribution in [0.5, 0.6) is 0 Å². The Kier molecular flexibility index (Phi) is 2.45. The maximum Gasteiger partial charge on any atom is 0.228 e. The van der Waals surface area contributed by atoms with Crippen LogP contribution in [0.4, 0.5) is 0 Å². The van der Waals surface area contributed by atoms with Gasteiger partial charge in [-0.05, 0) is 12.1 Å². The van der Waals surface area contributed by atoms with E-state index >= 15 is 0 Å². The van der Waals surface area contributed by atoms with Crippen LogP contribution < -0.4 is 5.73 Å². The van der Waals surface area contributed by atoms with Crippen molar-refractivity contribution in [3.63, 3.8) is 0 Å². The normalized spacial score (nSPS) is 16.5. The molecule has 1 saturated heterocycles. The average molecular weight is 191 g/mol. The highest BCUT2D eigenvalue weighted by Gasteiger charge is 2.27. The third-order valence-corrected chi connectivity index (χ3v) is 2.32. The lowest BCUT2D eigenvalue weighted by atomic mass is 10.1. The van der Waals surface area contributed by atoms with Crippen LogP contribution in [-0.2, 0) is 11.2 Å². The number of amides is 1. The van der Waals surface area contributed by atoms with Gasteiger partial charge in [-0.2, -0.15) is 0 Å². The van der Waals surface area contributed by atoms with E-state index in [2.05, 4.69) is 4.98 Å². The molecule has 0 radical (unpaired) electrons. The molecule has 0 atom stereocenters. The second-order valence-electron chi connectivity index (χ2n) is 3.56. The van der Waals surface area contributed by atoms with Gasteiger partial charge in [-0.1, -0.05) is 6.07 Å². The number of aromatic nitrogens is 1. The molecule has 4 heteroatoms. The Balaban J connectivity index is 1.89. The summed E-state index contributed by atoms with van der Waals surface area (Å²) in [5, 5.41) is 0. The number of rotatable bonds is 2. The smallest absolute Gasteiger partial charge is 0.228 e. The van der Waals surface area contributed by atoms with Gasteiger partial charge in [-0.25, -0.2) is 0 Å². The predicted octanol–water partition coefficient (Wildman–Crippen LogP) is -0.206. The topological polar surface area (TPSA) is 59.2 Å². The number of pyridine rings is 1. The molecule has 1 fully saturated rings. The SMILES string of the molecule is NC1CN(C(=O)Cc2ccccn2)C1. The van der Waals surface area contributed by atoms with E-state index in [1.807, 2.05) is 18.2 Å². The van der Waals surface area contributed by atoms with Crippen molar-refractivity contribution in [2.75, 3.05) is 13.1 Å². The van der Waals surface area contributed by atoms with Crippen LogP contribution in [0.15, 0.2) is 24.4 Å². The molecule has 74 valence electrons. The van der Waals surface area contributed by atoms with Gasteiger partial charge in [0, 0.05) is 31.0 Å². The maximum atomic E-state index is 11.6. The second kappa shape index (κ2) is 3.75. The minimum atomic E-state index is 0.116. The number of carbonyl (C=O) groups is 1. The van der Waals surface area contributed by atoms with E-state index in [0.717, 1.165) is 5.69 Å². The molecule has 0 saturated carbocycles. The van der Waals surface area contributed by atoms with Crippen LogP contribution in [0.2, 0.25) is 0 Å². The quantitative estimate of drug-likeness (QED) is 0.704.